The van der Waals surface area contributed by atoms with E-state index >= 15 is 0 Å². The first-order valence-electron chi connectivity index (χ1n) is 51.4. The van der Waals surface area contributed by atoms with Crippen LogP contribution in [0.15, 0.2) is 413 Å². The summed E-state index contributed by atoms with van der Waals surface area (Å²) < 4.78 is 7.92. The third-order valence-electron chi connectivity index (χ3n) is 30.9. The summed E-state index contributed by atoms with van der Waals surface area (Å²) in [6.07, 6.45) is 0. The van der Waals surface area contributed by atoms with Crippen LogP contribution >= 0.6 is 0 Å². The number of benzene rings is 19. The van der Waals surface area contributed by atoms with E-state index in [9.17, 15) is 0 Å². The van der Waals surface area contributed by atoms with Crippen LogP contribution in [0.3, 0.4) is 0 Å². The molecule has 22 aromatic rings. The van der Waals surface area contributed by atoms with Crippen molar-refractivity contribution in [3.8, 4) is 106 Å². The van der Waals surface area contributed by atoms with Crippen LogP contribution in [-0.2, 0) is 10.8 Å². The highest BCUT2D eigenvalue weighted by molar-refractivity contribution is 7.00. The number of nitrogens with zero attached hydrogens (tertiary/aromatic N) is 5. The molecule has 19 aromatic carbocycles. The van der Waals surface area contributed by atoms with Gasteiger partial charge in [-0.1, -0.05) is 444 Å². The Balaban J connectivity index is 0.910. The first-order chi connectivity index (χ1) is 69.2. The van der Waals surface area contributed by atoms with Crippen LogP contribution in [0.1, 0.15) is 52.7 Å². The first-order valence-corrected chi connectivity index (χ1v) is 65.4. The van der Waals surface area contributed by atoms with Crippen molar-refractivity contribution in [2.24, 2.45) is 0 Å². The third-order valence-corrected chi connectivity index (χ3v) is 39.1. The number of para-hydroxylation sites is 2. The Labute approximate surface area is 853 Å². The predicted molar refractivity (Wildman–Crippen MR) is 636 cm³/mol. The predicted octanol–water partition coefficient (Wildman–Crippen LogP) is 33.2. The summed E-state index contributed by atoms with van der Waals surface area (Å²) >= 11 is 0. The number of hydrogen-bond acceptors (Lipinski definition) is 2. The number of fused-ring (bicyclic) bond motifs is 13. The van der Waals surface area contributed by atoms with E-state index in [1.54, 1.807) is 0 Å². The number of aromatic nitrogens is 3. The smallest absolute Gasteiger partial charge is 0.252 e. The third kappa shape index (κ3) is 15.9. The molecule has 0 unspecified atom stereocenters. The molecule has 2 aliphatic heterocycles. The molecular formula is C134H122BN5Si4. The SMILES string of the molecule is CC(C)(C)c1ccc2c(c1)c1cc(C(C)(C)C)ccc1n2-c1cc2c3c(c1)N(c1c(-c4cccc(-c5ccccc5)c4)cccc1-c1cccc(-c4ccccc4)c1)c1cc(-n4c5ccc([Si](C)(C)C)cc5c5cc([Si](C)(C)C)ccc54)ccc1B3c1ccc(-n3c4ccc([Si](C)(C)C)cc4c4cc([Si](C)(C)C)ccc43)cc1N2c1c(-c2cccc(-c3ccccc3)c2)cccc1-c1cccc(-c2ccccc2)c1. The van der Waals surface area contributed by atoms with E-state index in [0.717, 1.165) is 151 Å². The zero-order chi connectivity index (χ0) is 99.1. The normalized spacial score (nSPS) is 13.0. The van der Waals surface area contributed by atoms with E-state index in [1.807, 2.05) is 0 Å². The maximum Gasteiger partial charge on any atom is 0.252 e. The van der Waals surface area contributed by atoms with Crippen LogP contribution < -0.4 is 46.9 Å². The monoisotopic (exact) mass is 1920 g/mol. The molecule has 10 heteroatoms. The maximum absolute atomic E-state index is 2.80. The van der Waals surface area contributed by atoms with Gasteiger partial charge >= 0.3 is 0 Å². The van der Waals surface area contributed by atoms with Crippen LogP contribution in [0.2, 0.25) is 78.6 Å². The maximum atomic E-state index is 2.80. The summed E-state index contributed by atoms with van der Waals surface area (Å²) in [5.74, 6) is 0. The Bertz CT molecular complexity index is 8100. The highest BCUT2D eigenvalue weighted by Crippen LogP contribution is 2.56. The van der Waals surface area contributed by atoms with Crippen LogP contribution in [0.5, 0.6) is 0 Å². The molecule has 0 bridgehead atoms. The fraction of sp³-hybridized carbons (Fsp3) is 0.149. The van der Waals surface area contributed by atoms with E-state index < -0.39 is 39.0 Å². The molecule has 0 fully saturated rings. The molecule has 702 valence electrons. The van der Waals surface area contributed by atoms with Crippen molar-refractivity contribution in [3.63, 3.8) is 0 Å². The minimum absolute atomic E-state index is 0.159. The van der Waals surface area contributed by atoms with Crippen LogP contribution in [0.25, 0.3) is 171 Å². The molecular weight excluding hydrogens is 1800 g/mol. The highest BCUT2D eigenvalue weighted by atomic mass is 28.3. The molecule has 0 amide bonds. The van der Waals surface area contributed by atoms with Gasteiger partial charge in [-0.15, -0.1) is 0 Å². The van der Waals surface area contributed by atoms with Crippen molar-refractivity contribution in [2.75, 3.05) is 9.80 Å². The topological polar surface area (TPSA) is 21.3 Å². The Morgan fingerprint density at radius 1 is 0.194 bits per heavy atom. The lowest BCUT2D eigenvalue weighted by Crippen LogP contribution is -2.61. The van der Waals surface area contributed by atoms with E-state index in [0.29, 0.717) is 0 Å². The Morgan fingerprint density at radius 3 is 0.701 bits per heavy atom. The molecule has 0 radical (unpaired) electrons. The fourth-order valence-corrected chi connectivity index (χ4v) is 27.7. The van der Waals surface area contributed by atoms with Gasteiger partial charge in [0, 0.05) is 88.7 Å². The molecule has 0 saturated heterocycles. The minimum Gasteiger partial charge on any atom is -0.310 e. The Morgan fingerprint density at radius 2 is 0.431 bits per heavy atom. The zero-order valence-electron chi connectivity index (χ0n) is 86.1. The van der Waals surface area contributed by atoms with Crippen LogP contribution in [0, 0.1) is 0 Å². The lowest BCUT2D eigenvalue weighted by Gasteiger charge is -2.46. The standard InChI is InChI=1S/C134H122BN5Si4/c1-133(2,3)99-57-67-120-112(77-99)113-78-100(134(4,5)6)58-68-121(113)138(120)103-81-128-130-129(82-103)140(132-110(97-51-33-47-93(75-97)89-41-27-21-28-42-89)55-36-56-111(132)98-52-34-48-94(76-98)90-43-29-22-30-44-90)127-80-102(137-124-71-63-106(143(13,14)15)85-116(124)117-86-107(144(16,17)18)64-72-125(117)137)60-66-119(127)135(130)118-65-59-101(136-122-69-61-104(141(7,8)9)83-114(122)115-84-105(142(10,11)12)62-70-123(115)136)79-126(118)139(128)131-108(95-49-31-45-91(73-95)87-37-23-19-24-38-87)53-35-54-109(131)96-50-32-46-92(74-96)88-39-25-20-26-40-88/h19-86H,1-18H3. The molecule has 5 heterocycles. The molecule has 0 spiro atoms. The van der Waals surface area contributed by atoms with Gasteiger partial charge in [0.05, 0.1) is 82.5 Å². The fourth-order valence-electron chi connectivity index (χ4n) is 23.0. The van der Waals surface area contributed by atoms with Gasteiger partial charge < -0.3 is 23.5 Å². The highest BCUT2D eigenvalue weighted by Gasteiger charge is 2.47. The second-order valence-corrected chi connectivity index (χ2v) is 66.9. The summed E-state index contributed by atoms with van der Waals surface area (Å²) in [6.45, 7) is 43.8. The van der Waals surface area contributed by atoms with Gasteiger partial charge in [0.1, 0.15) is 0 Å². The lowest BCUT2D eigenvalue weighted by molar-refractivity contribution is 0.590. The average Bonchev–Trinajstić information content (AvgIpc) is 0.836. The Hall–Kier alpha value is -14.9. The van der Waals surface area contributed by atoms with E-state index in [-0.39, 0.29) is 10.8 Å². The van der Waals surface area contributed by atoms with Crippen molar-refractivity contribution >= 4 is 176 Å². The lowest BCUT2D eigenvalue weighted by atomic mass is 9.33. The minimum atomic E-state index is -1.86. The van der Waals surface area contributed by atoms with E-state index in [4.69, 9.17) is 0 Å². The summed E-state index contributed by atoms with van der Waals surface area (Å²) in [5, 5.41) is 13.4. The van der Waals surface area contributed by atoms with Gasteiger partial charge in [-0.25, -0.2) is 0 Å². The second-order valence-electron chi connectivity index (χ2n) is 46.6. The molecule has 0 N–H and O–H groups in total. The summed E-state index contributed by atoms with van der Waals surface area (Å²) in [6, 6.07) is 161. The van der Waals surface area contributed by atoms with Gasteiger partial charge in [-0.3, -0.25) is 0 Å². The van der Waals surface area contributed by atoms with E-state index in [2.05, 4.69) is 556 Å². The molecule has 24 rings (SSSR count). The molecule has 144 heavy (non-hydrogen) atoms. The van der Waals surface area contributed by atoms with Crippen molar-refractivity contribution in [2.45, 2.75) is 131 Å². The zero-order valence-corrected chi connectivity index (χ0v) is 90.1. The van der Waals surface area contributed by atoms with Gasteiger partial charge in [0.25, 0.3) is 6.71 Å². The van der Waals surface area contributed by atoms with Gasteiger partial charge in [0.15, 0.2) is 0 Å². The largest absolute Gasteiger partial charge is 0.310 e. The summed E-state index contributed by atoms with van der Waals surface area (Å²) in [4.78, 5) is 5.60. The van der Waals surface area contributed by atoms with Crippen molar-refractivity contribution in [1.82, 2.24) is 13.7 Å². The van der Waals surface area contributed by atoms with Crippen LogP contribution in [0.4, 0.5) is 34.1 Å². The van der Waals surface area contributed by atoms with Gasteiger partial charge in [-0.05, 0) is 214 Å². The summed E-state index contributed by atoms with van der Waals surface area (Å²) in [7, 11) is -7.43. The quantitative estimate of drug-likeness (QED) is 0.0848. The molecule has 3 aromatic heterocycles. The average molecular weight is 1930 g/mol. The molecule has 2 aliphatic rings. The van der Waals surface area contributed by atoms with E-state index in [1.165, 1.54) is 103 Å². The molecule has 0 aliphatic carbocycles. The molecule has 0 atom stereocenters. The van der Waals surface area contributed by atoms with Gasteiger partial charge in [0.2, 0.25) is 0 Å². The summed E-state index contributed by atoms with van der Waals surface area (Å²) in [5.41, 5.74) is 40.6. The van der Waals surface area contributed by atoms with Crippen molar-refractivity contribution < 1.29 is 0 Å². The number of anilines is 6. The molecule has 0 saturated carbocycles. The Kier molecular flexibility index (Phi) is 21.9. The number of rotatable bonds is 17. The second kappa shape index (κ2) is 34.5. The van der Waals surface area contributed by atoms with Gasteiger partial charge in [-0.2, -0.15) is 0 Å². The molecule has 5 nitrogen and oxygen atoms in total. The van der Waals surface area contributed by atoms with Crippen LogP contribution in [-0.4, -0.2) is 52.7 Å². The van der Waals surface area contributed by atoms with Crippen molar-refractivity contribution in [1.29, 1.82) is 0 Å². The number of hydrogen-bond donors (Lipinski definition) is 0. The van der Waals surface area contributed by atoms with Crippen molar-refractivity contribution in [3.05, 3.63) is 424 Å². The first kappa shape index (κ1) is 91.6.